The highest BCUT2D eigenvalue weighted by Gasteiger charge is 2.24. The maximum Gasteiger partial charge on any atom is 0.270 e. The van der Waals surface area contributed by atoms with Gasteiger partial charge in [-0.1, -0.05) is 36.4 Å². The van der Waals surface area contributed by atoms with Crippen LogP contribution in [0.5, 0.6) is 5.75 Å². The van der Waals surface area contributed by atoms with E-state index >= 15 is 0 Å². The van der Waals surface area contributed by atoms with Crippen molar-refractivity contribution in [3.63, 3.8) is 0 Å². The lowest BCUT2D eigenvalue weighted by atomic mass is 10.2. The Kier molecular flexibility index (Phi) is 5.33. The molecule has 1 aliphatic rings. The largest absolute Gasteiger partial charge is 0.497 e. The van der Waals surface area contributed by atoms with Crippen LogP contribution in [-0.4, -0.2) is 48.7 Å². The number of rotatable bonds is 5. The van der Waals surface area contributed by atoms with Crippen LogP contribution in [-0.2, 0) is 6.54 Å². The van der Waals surface area contributed by atoms with Crippen LogP contribution in [0.4, 0.5) is 5.69 Å². The molecule has 1 fully saturated rings. The Labute approximate surface area is 165 Å². The Morgan fingerprint density at radius 3 is 2.46 bits per heavy atom. The number of carbonyl (C=O) groups is 1. The van der Waals surface area contributed by atoms with Crippen molar-refractivity contribution in [2.24, 2.45) is 0 Å². The van der Waals surface area contributed by atoms with Crippen LogP contribution in [0.25, 0.3) is 0 Å². The van der Waals surface area contributed by atoms with E-state index in [2.05, 4.69) is 23.1 Å². The summed E-state index contributed by atoms with van der Waals surface area (Å²) in [6, 6.07) is 22.2. The van der Waals surface area contributed by atoms with Crippen LogP contribution < -0.4 is 9.64 Å². The van der Waals surface area contributed by atoms with Gasteiger partial charge in [0.2, 0.25) is 0 Å². The maximum atomic E-state index is 13.1. The van der Waals surface area contributed by atoms with Crippen molar-refractivity contribution in [3.8, 4) is 5.75 Å². The van der Waals surface area contributed by atoms with E-state index in [1.165, 1.54) is 5.56 Å². The number of amides is 1. The fourth-order valence-electron chi connectivity index (χ4n) is 3.66. The van der Waals surface area contributed by atoms with Gasteiger partial charge in [-0.3, -0.25) is 4.79 Å². The number of benzene rings is 2. The molecule has 1 amide bonds. The van der Waals surface area contributed by atoms with E-state index in [1.54, 1.807) is 7.11 Å². The molecule has 0 radical (unpaired) electrons. The molecular weight excluding hydrogens is 350 g/mol. The third kappa shape index (κ3) is 3.88. The highest BCUT2D eigenvalue weighted by atomic mass is 16.5. The number of anilines is 1. The molecule has 144 valence electrons. The van der Waals surface area contributed by atoms with E-state index in [1.807, 2.05) is 64.2 Å². The van der Waals surface area contributed by atoms with Crippen molar-refractivity contribution < 1.29 is 9.53 Å². The first-order valence-electron chi connectivity index (χ1n) is 9.62. The maximum absolute atomic E-state index is 13.1. The second-order valence-corrected chi connectivity index (χ2v) is 6.99. The zero-order chi connectivity index (χ0) is 19.3. The van der Waals surface area contributed by atoms with Gasteiger partial charge in [0.15, 0.2) is 0 Å². The number of carbonyl (C=O) groups excluding carboxylic acids is 1. The van der Waals surface area contributed by atoms with Gasteiger partial charge >= 0.3 is 0 Å². The van der Waals surface area contributed by atoms with Gasteiger partial charge in [-0.15, -0.1) is 0 Å². The number of hydrogen-bond acceptors (Lipinski definition) is 3. The van der Waals surface area contributed by atoms with Crippen LogP contribution in [0, 0.1) is 0 Å². The van der Waals surface area contributed by atoms with E-state index in [4.69, 9.17) is 4.74 Å². The molecule has 0 atom stereocenters. The molecule has 1 aromatic heterocycles. The van der Waals surface area contributed by atoms with Crippen molar-refractivity contribution in [2.75, 3.05) is 38.2 Å². The predicted molar refractivity (Wildman–Crippen MR) is 111 cm³/mol. The zero-order valence-electron chi connectivity index (χ0n) is 16.1. The Morgan fingerprint density at radius 1 is 0.929 bits per heavy atom. The topological polar surface area (TPSA) is 37.7 Å². The Bertz CT molecular complexity index is 928. The summed E-state index contributed by atoms with van der Waals surface area (Å²) in [6.45, 7) is 3.77. The summed E-state index contributed by atoms with van der Waals surface area (Å²) in [5, 5.41) is 0. The average molecular weight is 375 g/mol. The quantitative estimate of drug-likeness (QED) is 0.685. The van der Waals surface area contributed by atoms with Gasteiger partial charge in [-0.25, -0.2) is 0 Å². The van der Waals surface area contributed by atoms with Crippen LogP contribution in [0.1, 0.15) is 16.1 Å². The van der Waals surface area contributed by atoms with Gasteiger partial charge in [0.25, 0.3) is 5.91 Å². The molecule has 4 rings (SSSR count). The molecule has 0 bridgehead atoms. The molecule has 0 unspecified atom stereocenters. The first kappa shape index (κ1) is 18.2. The van der Waals surface area contributed by atoms with Crippen molar-refractivity contribution in [2.45, 2.75) is 6.54 Å². The number of hydrogen-bond donors (Lipinski definition) is 0. The van der Waals surface area contributed by atoms with Crippen LogP contribution in [0.2, 0.25) is 0 Å². The fourth-order valence-corrected chi connectivity index (χ4v) is 3.66. The van der Waals surface area contributed by atoms with Crippen molar-refractivity contribution in [3.05, 3.63) is 84.2 Å². The van der Waals surface area contributed by atoms with Gasteiger partial charge in [0.05, 0.1) is 7.11 Å². The summed E-state index contributed by atoms with van der Waals surface area (Å²) in [5.41, 5.74) is 3.08. The lowest BCUT2D eigenvalue weighted by molar-refractivity contribution is 0.0736. The second-order valence-electron chi connectivity index (χ2n) is 6.99. The van der Waals surface area contributed by atoms with E-state index in [-0.39, 0.29) is 5.91 Å². The molecule has 1 saturated heterocycles. The summed E-state index contributed by atoms with van der Waals surface area (Å²) in [5.74, 6) is 0.959. The Hall–Kier alpha value is -3.21. The number of piperazine rings is 1. The summed E-state index contributed by atoms with van der Waals surface area (Å²) in [6.07, 6.45) is 1.98. The molecule has 2 heterocycles. The Morgan fingerprint density at radius 2 is 1.71 bits per heavy atom. The van der Waals surface area contributed by atoms with Crippen LogP contribution in [0.3, 0.4) is 0 Å². The molecule has 0 aliphatic carbocycles. The minimum Gasteiger partial charge on any atom is -0.497 e. The summed E-state index contributed by atoms with van der Waals surface area (Å²) >= 11 is 0. The summed E-state index contributed by atoms with van der Waals surface area (Å²) in [4.78, 5) is 17.3. The molecule has 0 saturated carbocycles. The minimum atomic E-state index is 0.103. The second kappa shape index (κ2) is 8.21. The standard InChI is InChI=1S/C23H25N3O2/c1-28-21-10-5-9-20(17-21)24-13-15-25(16-14-24)23(27)22-11-6-12-26(22)18-19-7-3-2-4-8-19/h2-12,17H,13-16,18H2,1H3. The highest BCUT2D eigenvalue weighted by molar-refractivity contribution is 5.93. The zero-order valence-corrected chi connectivity index (χ0v) is 16.1. The van der Waals surface area contributed by atoms with Crippen molar-refractivity contribution >= 4 is 11.6 Å². The summed E-state index contributed by atoms with van der Waals surface area (Å²) < 4.78 is 7.36. The van der Waals surface area contributed by atoms with Crippen molar-refractivity contribution in [1.29, 1.82) is 0 Å². The third-order valence-corrected chi connectivity index (χ3v) is 5.23. The van der Waals surface area contributed by atoms with Gasteiger partial charge in [-0.2, -0.15) is 0 Å². The number of ether oxygens (including phenoxy) is 1. The van der Waals surface area contributed by atoms with Crippen LogP contribution in [0.15, 0.2) is 72.9 Å². The average Bonchev–Trinajstić information content (AvgIpc) is 3.22. The van der Waals surface area contributed by atoms with E-state index in [0.717, 1.165) is 30.2 Å². The van der Waals surface area contributed by atoms with E-state index in [0.29, 0.717) is 19.6 Å². The van der Waals surface area contributed by atoms with Gasteiger partial charge in [-0.05, 0) is 29.8 Å². The van der Waals surface area contributed by atoms with E-state index in [9.17, 15) is 4.79 Å². The molecule has 0 spiro atoms. The minimum absolute atomic E-state index is 0.103. The molecule has 1 aliphatic heterocycles. The number of methoxy groups -OCH3 is 1. The number of aromatic nitrogens is 1. The normalized spacial score (nSPS) is 14.2. The first-order chi connectivity index (χ1) is 13.7. The molecule has 3 aromatic rings. The van der Waals surface area contributed by atoms with E-state index < -0.39 is 0 Å². The SMILES string of the molecule is COc1cccc(N2CCN(C(=O)c3cccn3Cc3ccccc3)CC2)c1. The monoisotopic (exact) mass is 375 g/mol. The fraction of sp³-hybridized carbons (Fsp3) is 0.261. The molecule has 28 heavy (non-hydrogen) atoms. The summed E-state index contributed by atoms with van der Waals surface area (Å²) in [7, 11) is 1.68. The smallest absolute Gasteiger partial charge is 0.270 e. The Balaban J connectivity index is 1.41. The molecular formula is C23H25N3O2. The van der Waals surface area contributed by atoms with Crippen molar-refractivity contribution in [1.82, 2.24) is 9.47 Å². The molecule has 5 heteroatoms. The molecule has 2 aromatic carbocycles. The van der Waals surface area contributed by atoms with Crippen LogP contribution >= 0.6 is 0 Å². The molecule has 5 nitrogen and oxygen atoms in total. The van der Waals surface area contributed by atoms with Gasteiger partial charge in [0.1, 0.15) is 11.4 Å². The van der Waals surface area contributed by atoms with Gasteiger partial charge < -0.3 is 19.1 Å². The first-order valence-corrected chi connectivity index (χ1v) is 9.62. The highest BCUT2D eigenvalue weighted by Crippen LogP contribution is 2.22. The third-order valence-electron chi connectivity index (χ3n) is 5.23. The number of nitrogens with zero attached hydrogens (tertiary/aromatic N) is 3. The lowest BCUT2D eigenvalue weighted by Crippen LogP contribution is -2.49. The lowest BCUT2D eigenvalue weighted by Gasteiger charge is -2.36. The predicted octanol–water partition coefficient (Wildman–Crippen LogP) is 3.51. The van der Waals surface area contributed by atoms with Gasteiger partial charge in [0, 0.05) is 50.7 Å². The molecule has 0 N–H and O–H groups in total.